The van der Waals surface area contributed by atoms with Crippen molar-refractivity contribution in [3.05, 3.63) is 33.7 Å². The van der Waals surface area contributed by atoms with Crippen LogP contribution in [0, 0.1) is 11.8 Å². The predicted octanol–water partition coefficient (Wildman–Crippen LogP) is 0.655. The molecule has 2 atom stereocenters. The lowest BCUT2D eigenvalue weighted by Gasteiger charge is -2.38. The van der Waals surface area contributed by atoms with Crippen LogP contribution in [0.1, 0.15) is 41.2 Å². The number of piperazine rings is 1. The number of piperidine rings is 2. The van der Waals surface area contributed by atoms with Gasteiger partial charge in [-0.15, -0.1) is 0 Å². The molecule has 0 aromatic carbocycles. The maximum absolute atomic E-state index is 13.2. The average molecular weight is 414 g/mol. The summed E-state index contributed by atoms with van der Waals surface area (Å²) in [6.45, 7) is 9.94. The third-order valence-corrected chi connectivity index (χ3v) is 7.75. The molecule has 4 aliphatic heterocycles. The number of likely N-dealkylation sites (tertiary alicyclic amines) is 1. The van der Waals surface area contributed by atoms with Crippen LogP contribution < -0.4 is 10.9 Å². The zero-order valence-electron chi connectivity index (χ0n) is 18.2. The zero-order valence-corrected chi connectivity index (χ0v) is 18.2. The number of nitrogens with zero attached hydrogens (tertiary/aromatic N) is 4. The molecule has 1 amide bonds. The Bertz CT molecular complexity index is 836. The van der Waals surface area contributed by atoms with Crippen LogP contribution in [0.2, 0.25) is 0 Å². The van der Waals surface area contributed by atoms with Gasteiger partial charge in [0.2, 0.25) is 0 Å². The van der Waals surface area contributed by atoms with Crippen LogP contribution in [-0.2, 0) is 6.54 Å². The molecule has 0 spiro atoms. The van der Waals surface area contributed by atoms with Crippen molar-refractivity contribution < 1.29 is 4.79 Å². The average Bonchev–Trinajstić information content (AvgIpc) is 2.76. The van der Waals surface area contributed by atoms with Crippen molar-refractivity contribution in [2.24, 2.45) is 11.8 Å². The van der Waals surface area contributed by atoms with E-state index in [0.29, 0.717) is 23.3 Å². The molecule has 0 saturated carbocycles. The van der Waals surface area contributed by atoms with E-state index in [4.69, 9.17) is 0 Å². The molecule has 1 N–H and O–H groups in total. The number of carbonyl (C=O) groups excluding carboxylic acids is 1. The Morgan fingerprint density at radius 1 is 1.07 bits per heavy atom. The number of carbonyl (C=O) groups is 1. The Morgan fingerprint density at radius 3 is 2.60 bits per heavy atom. The van der Waals surface area contributed by atoms with Gasteiger partial charge in [0, 0.05) is 70.5 Å². The molecule has 1 aromatic heterocycles. The third kappa shape index (κ3) is 3.95. The molecule has 164 valence electrons. The van der Waals surface area contributed by atoms with Crippen LogP contribution in [0.5, 0.6) is 0 Å². The highest BCUT2D eigenvalue weighted by molar-refractivity contribution is 5.94. The van der Waals surface area contributed by atoms with E-state index in [1.807, 2.05) is 15.5 Å². The van der Waals surface area contributed by atoms with Crippen LogP contribution in [0.4, 0.5) is 0 Å². The summed E-state index contributed by atoms with van der Waals surface area (Å²) in [6.07, 6.45) is 3.24. The first kappa shape index (κ1) is 20.2. The molecule has 7 nitrogen and oxygen atoms in total. The molecule has 0 unspecified atom stereocenters. The summed E-state index contributed by atoms with van der Waals surface area (Å²) in [5, 5.41) is 3.48. The van der Waals surface area contributed by atoms with Gasteiger partial charge in [-0.3, -0.25) is 9.59 Å². The lowest BCUT2D eigenvalue weighted by Crippen LogP contribution is -2.49. The normalized spacial score (nSPS) is 28.4. The van der Waals surface area contributed by atoms with E-state index in [-0.39, 0.29) is 11.5 Å². The molecule has 5 rings (SSSR count). The van der Waals surface area contributed by atoms with E-state index in [1.54, 1.807) is 6.07 Å². The molecule has 2 bridgehead atoms. The first-order valence-electron chi connectivity index (χ1n) is 11.7. The third-order valence-electron chi connectivity index (χ3n) is 7.75. The molecule has 3 saturated heterocycles. The van der Waals surface area contributed by atoms with Crippen molar-refractivity contribution in [2.75, 3.05) is 66.0 Å². The summed E-state index contributed by atoms with van der Waals surface area (Å²) in [5.74, 6) is 1.50. The first-order valence-corrected chi connectivity index (χ1v) is 11.7. The fourth-order valence-electron chi connectivity index (χ4n) is 5.84. The van der Waals surface area contributed by atoms with Crippen molar-refractivity contribution in [1.29, 1.82) is 0 Å². The van der Waals surface area contributed by atoms with Crippen LogP contribution in [-0.4, -0.2) is 91.1 Å². The van der Waals surface area contributed by atoms with Gasteiger partial charge >= 0.3 is 0 Å². The predicted molar refractivity (Wildman–Crippen MR) is 117 cm³/mol. The van der Waals surface area contributed by atoms with Gasteiger partial charge in [0.05, 0.1) is 0 Å². The highest BCUT2D eigenvalue weighted by Crippen LogP contribution is 2.32. The molecule has 1 aromatic rings. The zero-order chi connectivity index (χ0) is 20.7. The van der Waals surface area contributed by atoms with Crippen LogP contribution in [0.15, 0.2) is 16.9 Å². The maximum atomic E-state index is 13.2. The summed E-state index contributed by atoms with van der Waals surface area (Å²) in [7, 11) is 2.19. The highest BCUT2D eigenvalue weighted by atomic mass is 16.2. The number of amides is 1. The van der Waals surface area contributed by atoms with Crippen molar-refractivity contribution in [3.8, 4) is 0 Å². The van der Waals surface area contributed by atoms with E-state index >= 15 is 0 Å². The Morgan fingerprint density at radius 2 is 1.83 bits per heavy atom. The highest BCUT2D eigenvalue weighted by Gasteiger charge is 2.33. The monoisotopic (exact) mass is 413 g/mol. The number of hydrogen-bond donors (Lipinski definition) is 1. The summed E-state index contributed by atoms with van der Waals surface area (Å²) >= 11 is 0. The van der Waals surface area contributed by atoms with Gasteiger partial charge in [0.25, 0.3) is 11.5 Å². The van der Waals surface area contributed by atoms with E-state index in [0.717, 1.165) is 90.4 Å². The minimum Gasteiger partial charge on any atom is -0.338 e. The Labute approximate surface area is 179 Å². The lowest BCUT2D eigenvalue weighted by molar-refractivity contribution is 0.0641. The molecule has 3 fully saturated rings. The maximum Gasteiger partial charge on any atom is 0.263 e. The van der Waals surface area contributed by atoms with E-state index in [2.05, 4.69) is 22.2 Å². The van der Waals surface area contributed by atoms with Crippen molar-refractivity contribution in [1.82, 2.24) is 24.6 Å². The lowest BCUT2D eigenvalue weighted by atomic mass is 9.84. The number of rotatable bonds is 3. The summed E-state index contributed by atoms with van der Waals surface area (Å²) in [4.78, 5) is 33.2. The largest absolute Gasteiger partial charge is 0.338 e. The smallest absolute Gasteiger partial charge is 0.263 e. The minimum absolute atomic E-state index is 0.0674. The number of fused-ring (bicyclic) bond motifs is 4. The van der Waals surface area contributed by atoms with Crippen LogP contribution >= 0.6 is 0 Å². The topological polar surface area (TPSA) is 60.8 Å². The number of hydrogen-bond acceptors (Lipinski definition) is 5. The standard InChI is InChI=1S/C23H35N5O2/c1-25-8-10-26(11-9-25)15-17-4-6-27(7-5-17)22(29)20-2-3-21-19-12-18(13-24-14-19)16-28(21)23(20)30/h2-3,17-19,24H,4-16H2,1H3/t18-,19+/m0/s1. The van der Waals surface area contributed by atoms with Gasteiger partial charge in [0.15, 0.2) is 0 Å². The van der Waals surface area contributed by atoms with E-state index in [1.165, 1.54) is 0 Å². The van der Waals surface area contributed by atoms with Crippen molar-refractivity contribution in [3.63, 3.8) is 0 Å². The van der Waals surface area contributed by atoms with Crippen LogP contribution in [0.3, 0.4) is 0 Å². The summed E-state index contributed by atoms with van der Waals surface area (Å²) in [5.41, 5.74) is 1.39. The number of pyridine rings is 1. The van der Waals surface area contributed by atoms with E-state index in [9.17, 15) is 9.59 Å². The van der Waals surface area contributed by atoms with Crippen molar-refractivity contribution >= 4 is 5.91 Å². The summed E-state index contributed by atoms with van der Waals surface area (Å²) < 4.78 is 1.90. The molecule has 4 aliphatic rings. The number of likely N-dealkylation sites (N-methyl/N-ethyl adjacent to an activating group) is 1. The Balaban J connectivity index is 1.22. The minimum atomic E-state index is -0.0753. The Hall–Kier alpha value is -1.70. The van der Waals surface area contributed by atoms with Gasteiger partial charge in [-0.1, -0.05) is 0 Å². The second-order valence-electron chi connectivity index (χ2n) is 9.88. The molecule has 0 aliphatic carbocycles. The first-order chi connectivity index (χ1) is 14.6. The molecular formula is C23H35N5O2. The van der Waals surface area contributed by atoms with Gasteiger partial charge < -0.3 is 24.6 Å². The summed E-state index contributed by atoms with van der Waals surface area (Å²) in [6, 6.07) is 3.82. The SMILES string of the molecule is CN1CCN(CC2CCN(C(=O)c3ccc4n(c3=O)C[C@@H]3CNC[C@H]4C3)CC2)CC1. The van der Waals surface area contributed by atoms with Crippen LogP contribution in [0.25, 0.3) is 0 Å². The number of aromatic nitrogens is 1. The second kappa shape index (κ2) is 8.44. The molecule has 5 heterocycles. The Kier molecular flexibility index (Phi) is 5.69. The fraction of sp³-hybridized carbons (Fsp3) is 0.739. The quantitative estimate of drug-likeness (QED) is 0.789. The number of nitrogens with one attached hydrogen (secondary N) is 1. The van der Waals surface area contributed by atoms with Gasteiger partial charge in [-0.2, -0.15) is 0 Å². The molecule has 0 radical (unpaired) electrons. The van der Waals surface area contributed by atoms with E-state index < -0.39 is 0 Å². The molecule has 30 heavy (non-hydrogen) atoms. The fourth-order valence-corrected chi connectivity index (χ4v) is 5.84. The molecule has 7 heteroatoms. The molecular weight excluding hydrogens is 378 g/mol. The van der Waals surface area contributed by atoms with Gasteiger partial charge in [0.1, 0.15) is 5.56 Å². The van der Waals surface area contributed by atoms with Gasteiger partial charge in [-0.05, 0) is 56.8 Å². The van der Waals surface area contributed by atoms with Gasteiger partial charge in [-0.25, -0.2) is 0 Å². The second-order valence-corrected chi connectivity index (χ2v) is 9.88. The van der Waals surface area contributed by atoms with Crippen molar-refractivity contribution in [2.45, 2.75) is 31.7 Å².